The van der Waals surface area contributed by atoms with Gasteiger partial charge in [-0.2, -0.15) is 0 Å². The van der Waals surface area contributed by atoms with Gasteiger partial charge >= 0.3 is 0 Å². The van der Waals surface area contributed by atoms with Gasteiger partial charge in [0.25, 0.3) is 5.91 Å². The fraction of sp³-hybridized carbons (Fsp3) is 0.565. The lowest BCUT2D eigenvalue weighted by Crippen LogP contribution is -2.37. The third-order valence-corrected chi connectivity index (χ3v) is 7.38. The number of thioether (sulfide) groups is 1. The molecule has 0 spiro atoms. The first-order valence-electron chi connectivity index (χ1n) is 11.2. The van der Waals surface area contributed by atoms with E-state index in [2.05, 4.69) is 15.5 Å². The Kier molecular flexibility index (Phi) is 6.95. The van der Waals surface area contributed by atoms with Crippen LogP contribution in [0.5, 0.6) is 0 Å². The number of benzene rings is 1. The van der Waals surface area contributed by atoms with Crippen molar-refractivity contribution in [1.82, 2.24) is 25.0 Å². The van der Waals surface area contributed by atoms with E-state index in [4.69, 9.17) is 0 Å². The third kappa shape index (κ3) is 4.95. The van der Waals surface area contributed by atoms with Crippen molar-refractivity contribution in [3.8, 4) is 0 Å². The highest BCUT2D eigenvalue weighted by molar-refractivity contribution is 7.99. The molecule has 1 aliphatic carbocycles. The van der Waals surface area contributed by atoms with Crippen LogP contribution in [0.2, 0.25) is 0 Å². The maximum atomic E-state index is 13.2. The van der Waals surface area contributed by atoms with Crippen molar-refractivity contribution in [3.05, 3.63) is 41.2 Å². The Hall–Kier alpha value is -2.35. The van der Waals surface area contributed by atoms with Crippen molar-refractivity contribution in [3.63, 3.8) is 0 Å². The lowest BCUT2D eigenvalue weighted by atomic mass is 9.95. The van der Waals surface area contributed by atoms with Crippen LogP contribution >= 0.6 is 11.8 Å². The van der Waals surface area contributed by atoms with Gasteiger partial charge in [0.05, 0.1) is 11.8 Å². The predicted molar refractivity (Wildman–Crippen MR) is 121 cm³/mol. The second kappa shape index (κ2) is 9.85. The van der Waals surface area contributed by atoms with Gasteiger partial charge in [0, 0.05) is 25.2 Å². The molecule has 166 valence electrons. The molecular formula is C23H31N5O2S. The Bertz CT molecular complexity index is 938. The van der Waals surface area contributed by atoms with Crippen molar-refractivity contribution in [1.29, 1.82) is 0 Å². The summed E-state index contributed by atoms with van der Waals surface area (Å²) in [5.41, 5.74) is 1.72. The Labute approximate surface area is 188 Å². The molecule has 1 N–H and O–H groups in total. The summed E-state index contributed by atoms with van der Waals surface area (Å²) < 4.78 is 1.94. The smallest absolute Gasteiger partial charge is 0.254 e. The summed E-state index contributed by atoms with van der Waals surface area (Å²) in [6.07, 6.45) is 7.65. The fourth-order valence-corrected chi connectivity index (χ4v) is 5.36. The van der Waals surface area contributed by atoms with Crippen LogP contribution in [-0.2, 0) is 11.8 Å². The molecule has 1 saturated heterocycles. The van der Waals surface area contributed by atoms with E-state index in [0.29, 0.717) is 17.0 Å². The number of carbonyl (C=O) groups is 2. The standard InChI is InChI=1S/C23H31N5O2S/c1-16-9-6-7-12-18(16)22(30)28-14-8-13-19(28)21-25-26-23(27(21)2)31-15-20(29)24-17-10-4-3-5-11-17/h6-7,9,12,17,19H,3-5,8,10-11,13-15H2,1-2H3,(H,24,29). The van der Waals surface area contributed by atoms with Crippen molar-refractivity contribution in [2.75, 3.05) is 12.3 Å². The van der Waals surface area contributed by atoms with Gasteiger partial charge in [-0.15, -0.1) is 10.2 Å². The number of hydrogen-bond acceptors (Lipinski definition) is 5. The van der Waals surface area contributed by atoms with Gasteiger partial charge in [-0.05, 0) is 44.2 Å². The van der Waals surface area contributed by atoms with E-state index >= 15 is 0 Å². The second-order valence-electron chi connectivity index (χ2n) is 8.56. The van der Waals surface area contributed by atoms with Gasteiger partial charge in [-0.1, -0.05) is 49.2 Å². The first kappa shape index (κ1) is 21.9. The van der Waals surface area contributed by atoms with Crippen LogP contribution in [0.3, 0.4) is 0 Å². The predicted octanol–water partition coefficient (Wildman–Crippen LogP) is 3.64. The number of amides is 2. The normalized spacial score (nSPS) is 19.5. The number of rotatable bonds is 6. The quantitative estimate of drug-likeness (QED) is 0.692. The average Bonchev–Trinajstić information content (AvgIpc) is 3.39. The zero-order chi connectivity index (χ0) is 21.8. The maximum Gasteiger partial charge on any atom is 0.254 e. The molecule has 4 rings (SSSR count). The van der Waals surface area contributed by atoms with Crippen LogP contribution in [0.15, 0.2) is 29.4 Å². The van der Waals surface area contributed by atoms with Crippen LogP contribution in [0, 0.1) is 6.92 Å². The summed E-state index contributed by atoms with van der Waals surface area (Å²) in [5.74, 6) is 1.22. The van der Waals surface area contributed by atoms with Crippen molar-refractivity contribution < 1.29 is 9.59 Å². The summed E-state index contributed by atoms with van der Waals surface area (Å²) in [6, 6.07) is 7.93. The Morgan fingerprint density at radius 3 is 2.65 bits per heavy atom. The first-order chi connectivity index (χ1) is 15.0. The minimum atomic E-state index is -0.0879. The van der Waals surface area contributed by atoms with Gasteiger partial charge in [0.2, 0.25) is 5.91 Å². The topological polar surface area (TPSA) is 80.1 Å². The number of carbonyl (C=O) groups excluding carboxylic acids is 2. The summed E-state index contributed by atoms with van der Waals surface area (Å²) in [6.45, 7) is 2.69. The number of hydrogen-bond donors (Lipinski definition) is 1. The molecule has 2 fully saturated rings. The molecule has 1 aliphatic heterocycles. The van der Waals surface area contributed by atoms with Gasteiger partial charge < -0.3 is 14.8 Å². The van der Waals surface area contributed by atoms with E-state index in [1.54, 1.807) is 0 Å². The van der Waals surface area contributed by atoms with E-state index in [0.717, 1.165) is 49.2 Å². The fourth-order valence-electron chi connectivity index (χ4n) is 4.63. The molecule has 0 radical (unpaired) electrons. The van der Waals surface area contributed by atoms with Crippen molar-refractivity contribution >= 4 is 23.6 Å². The first-order valence-corrected chi connectivity index (χ1v) is 12.2. The number of nitrogens with one attached hydrogen (secondary N) is 1. The summed E-state index contributed by atoms with van der Waals surface area (Å²) in [4.78, 5) is 27.4. The zero-order valence-corrected chi connectivity index (χ0v) is 19.2. The Morgan fingerprint density at radius 2 is 1.87 bits per heavy atom. The average molecular weight is 442 g/mol. The molecule has 2 amide bonds. The zero-order valence-electron chi connectivity index (χ0n) is 18.3. The van der Waals surface area contributed by atoms with Gasteiger partial charge in [-0.25, -0.2) is 0 Å². The van der Waals surface area contributed by atoms with E-state index in [1.807, 2.05) is 47.7 Å². The highest BCUT2D eigenvalue weighted by atomic mass is 32.2. The molecule has 0 bridgehead atoms. The lowest BCUT2D eigenvalue weighted by Gasteiger charge is -2.25. The molecule has 1 unspecified atom stereocenters. The molecule has 1 aromatic carbocycles. The highest BCUT2D eigenvalue weighted by Crippen LogP contribution is 2.33. The largest absolute Gasteiger partial charge is 0.353 e. The maximum absolute atomic E-state index is 13.2. The summed E-state index contributed by atoms with van der Waals surface area (Å²) in [7, 11) is 1.92. The monoisotopic (exact) mass is 441 g/mol. The number of aryl methyl sites for hydroxylation is 1. The SMILES string of the molecule is Cc1ccccc1C(=O)N1CCCC1c1nnc(SCC(=O)NC2CCCCC2)n1C. The summed E-state index contributed by atoms with van der Waals surface area (Å²) in [5, 5.41) is 12.6. The number of nitrogens with zero attached hydrogens (tertiary/aromatic N) is 4. The molecule has 2 aliphatic rings. The minimum Gasteiger partial charge on any atom is -0.353 e. The molecule has 8 heteroatoms. The van der Waals surface area contributed by atoms with Crippen molar-refractivity contribution in [2.45, 2.75) is 69.1 Å². The van der Waals surface area contributed by atoms with Crippen LogP contribution < -0.4 is 5.32 Å². The highest BCUT2D eigenvalue weighted by Gasteiger charge is 2.34. The summed E-state index contributed by atoms with van der Waals surface area (Å²) >= 11 is 1.41. The molecule has 2 aromatic rings. The van der Waals surface area contributed by atoms with E-state index in [1.165, 1.54) is 31.0 Å². The van der Waals surface area contributed by atoms with Gasteiger partial charge in [-0.3, -0.25) is 9.59 Å². The molecular weight excluding hydrogens is 410 g/mol. The second-order valence-corrected chi connectivity index (χ2v) is 9.50. The lowest BCUT2D eigenvalue weighted by molar-refractivity contribution is -0.119. The number of likely N-dealkylation sites (tertiary alicyclic amines) is 1. The van der Waals surface area contributed by atoms with Crippen LogP contribution in [0.4, 0.5) is 0 Å². The molecule has 7 nitrogen and oxygen atoms in total. The van der Waals surface area contributed by atoms with Gasteiger partial charge in [0.1, 0.15) is 0 Å². The number of aromatic nitrogens is 3. The minimum absolute atomic E-state index is 0.0460. The van der Waals surface area contributed by atoms with Crippen LogP contribution in [0.1, 0.15) is 72.7 Å². The molecule has 1 aromatic heterocycles. The van der Waals surface area contributed by atoms with Crippen LogP contribution in [0.25, 0.3) is 0 Å². The Balaban J connectivity index is 1.40. The van der Waals surface area contributed by atoms with Gasteiger partial charge in [0.15, 0.2) is 11.0 Å². The molecule has 2 heterocycles. The van der Waals surface area contributed by atoms with Crippen LogP contribution in [-0.4, -0.2) is 49.8 Å². The Morgan fingerprint density at radius 1 is 1.10 bits per heavy atom. The van der Waals surface area contributed by atoms with Crippen molar-refractivity contribution in [2.24, 2.45) is 7.05 Å². The molecule has 1 saturated carbocycles. The molecule has 31 heavy (non-hydrogen) atoms. The van der Waals surface area contributed by atoms with E-state index < -0.39 is 0 Å². The third-order valence-electron chi connectivity index (χ3n) is 6.36. The van der Waals surface area contributed by atoms with E-state index in [9.17, 15) is 9.59 Å². The van der Waals surface area contributed by atoms with E-state index in [-0.39, 0.29) is 17.9 Å². The molecule has 1 atom stereocenters.